The minimum absolute atomic E-state index is 0.0876. The van der Waals surface area contributed by atoms with Gasteiger partial charge in [0.15, 0.2) is 0 Å². The quantitative estimate of drug-likeness (QED) is 0.727. The van der Waals surface area contributed by atoms with E-state index in [0.717, 1.165) is 22.2 Å². The van der Waals surface area contributed by atoms with Crippen LogP contribution in [0.3, 0.4) is 0 Å². The van der Waals surface area contributed by atoms with Gasteiger partial charge in [-0.2, -0.15) is 0 Å². The zero-order valence-electron chi connectivity index (χ0n) is 11.1. The summed E-state index contributed by atoms with van der Waals surface area (Å²) in [7, 11) is 0. The van der Waals surface area contributed by atoms with Crippen LogP contribution in [0.1, 0.15) is 34.1 Å². The lowest BCUT2D eigenvalue weighted by atomic mass is 9.99. The minimum Gasteiger partial charge on any atom is -0.355 e. The van der Waals surface area contributed by atoms with Gasteiger partial charge in [-0.1, -0.05) is 51.7 Å². The van der Waals surface area contributed by atoms with Crippen molar-refractivity contribution in [2.24, 2.45) is 11.8 Å². The zero-order valence-corrected chi connectivity index (χ0v) is 13.6. The van der Waals surface area contributed by atoms with Crippen LogP contribution in [0, 0.1) is 11.8 Å². The molecule has 0 saturated heterocycles. The van der Waals surface area contributed by atoms with Crippen molar-refractivity contribution in [3.8, 4) is 0 Å². The number of carbonyl (C=O) groups excluding carboxylic acids is 1. The molecule has 0 spiro atoms. The molecule has 0 saturated carbocycles. The molecule has 0 radical (unpaired) electrons. The van der Waals surface area contributed by atoms with Crippen LogP contribution in [-0.4, -0.2) is 27.5 Å². The van der Waals surface area contributed by atoms with Gasteiger partial charge in [0.05, 0.1) is 5.75 Å². The van der Waals surface area contributed by atoms with E-state index in [9.17, 15) is 4.79 Å². The average molecular weight is 294 g/mol. The number of rotatable bonds is 7. The Morgan fingerprint density at radius 1 is 1.29 bits per heavy atom. The van der Waals surface area contributed by atoms with Gasteiger partial charge >= 0.3 is 0 Å². The molecule has 0 rings (SSSR count). The summed E-state index contributed by atoms with van der Waals surface area (Å²) in [6.07, 6.45) is 1.15. The molecule has 0 aliphatic rings. The van der Waals surface area contributed by atoms with E-state index in [0.29, 0.717) is 17.6 Å². The van der Waals surface area contributed by atoms with E-state index in [1.807, 2.05) is 0 Å². The lowest BCUT2D eigenvalue weighted by molar-refractivity contribution is -0.118. The SMILES string of the molecule is CCSC(=S)SCC(=O)NCC(C)CC(C)C. The summed E-state index contributed by atoms with van der Waals surface area (Å²) in [5.74, 6) is 2.73. The second-order valence-corrected chi connectivity index (χ2v) is 7.95. The van der Waals surface area contributed by atoms with Crippen molar-refractivity contribution in [2.75, 3.05) is 18.1 Å². The van der Waals surface area contributed by atoms with Crippen LogP contribution in [0.4, 0.5) is 0 Å². The number of thiocarbonyl (C=S) groups is 1. The maximum Gasteiger partial charge on any atom is 0.230 e. The Balaban J connectivity index is 3.62. The third-order valence-corrected chi connectivity index (χ3v) is 4.69. The fraction of sp³-hybridized carbons (Fsp3) is 0.833. The Kier molecular flexibility index (Phi) is 10.4. The van der Waals surface area contributed by atoms with Crippen LogP contribution in [0.5, 0.6) is 0 Å². The molecule has 0 aromatic rings. The van der Waals surface area contributed by atoms with E-state index in [-0.39, 0.29) is 5.91 Å². The molecule has 17 heavy (non-hydrogen) atoms. The predicted octanol–water partition coefficient (Wildman–Crippen LogP) is 3.56. The van der Waals surface area contributed by atoms with Crippen molar-refractivity contribution in [2.45, 2.75) is 34.1 Å². The van der Waals surface area contributed by atoms with Gasteiger partial charge in [0.1, 0.15) is 3.53 Å². The standard InChI is InChI=1S/C12H23NOS3/c1-5-16-12(15)17-8-11(14)13-7-10(4)6-9(2)3/h9-10H,5-8H2,1-4H3,(H,13,14). The van der Waals surface area contributed by atoms with Gasteiger partial charge in [0, 0.05) is 6.54 Å². The number of thioether (sulfide) groups is 2. The highest BCUT2D eigenvalue weighted by atomic mass is 32.2. The van der Waals surface area contributed by atoms with Crippen molar-refractivity contribution >= 4 is 45.2 Å². The van der Waals surface area contributed by atoms with Crippen LogP contribution >= 0.6 is 35.7 Å². The Labute approximate surface area is 119 Å². The molecule has 1 amide bonds. The van der Waals surface area contributed by atoms with Crippen LogP contribution in [0.15, 0.2) is 0 Å². The molecule has 0 aliphatic heterocycles. The maximum absolute atomic E-state index is 11.5. The molecule has 1 unspecified atom stereocenters. The smallest absolute Gasteiger partial charge is 0.230 e. The molecule has 2 nitrogen and oxygen atoms in total. The highest BCUT2D eigenvalue weighted by molar-refractivity contribution is 8.47. The topological polar surface area (TPSA) is 29.1 Å². The van der Waals surface area contributed by atoms with Gasteiger partial charge < -0.3 is 5.32 Å². The molecule has 1 N–H and O–H groups in total. The number of carbonyl (C=O) groups is 1. The van der Waals surface area contributed by atoms with E-state index >= 15 is 0 Å². The number of hydrogen-bond acceptors (Lipinski definition) is 4. The number of hydrogen-bond donors (Lipinski definition) is 1. The van der Waals surface area contributed by atoms with E-state index in [1.54, 1.807) is 11.8 Å². The van der Waals surface area contributed by atoms with Crippen LogP contribution < -0.4 is 5.32 Å². The van der Waals surface area contributed by atoms with Gasteiger partial charge in [-0.25, -0.2) is 0 Å². The molecule has 0 heterocycles. The van der Waals surface area contributed by atoms with E-state index in [1.165, 1.54) is 11.8 Å². The molecule has 1 atom stereocenters. The summed E-state index contributed by atoms with van der Waals surface area (Å²) in [6.45, 7) is 9.41. The first kappa shape index (κ1) is 17.3. The van der Waals surface area contributed by atoms with Crippen LogP contribution in [-0.2, 0) is 4.79 Å². The van der Waals surface area contributed by atoms with Crippen molar-refractivity contribution in [3.05, 3.63) is 0 Å². The first-order valence-corrected chi connectivity index (χ1v) is 8.39. The molecule has 0 aromatic carbocycles. The van der Waals surface area contributed by atoms with E-state index in [4.69, 9.17) is 12.2 Å². The maximum atomic E-state index is 11.5. The second-order valence-electron chi connectivity index (χ2n) is 4.51. The summed E-state index contributed by atoms with van der Waals surface area (Å²) in [5, 5.41) is 2.96. The van der Waals surface area contributed by atoms with Crippen molar-refractivity contribution in [3.63, 3.8) is 0 Å². The zero-order chi connectivity index (χ0) is 13.3. The molecular formula is C12H23NOS3. The Hall–Kier alpha value is 0.260. The number of amides is 1. The predicted molar refractivity (Wildman–Crippen MR) is 84.8 cm³/mol. The lowest BCUT2D eigenvalue weighted by Gasteiger charge is -2.14. The van der Waals surface area contributed by atoms with E-state index < -0.39 is 0 Å². The molecule has 0 bridgehead atoms. The Bertz CT molecular complexity index is 244. The summed E-state index contributed by atoms with van der Waals surface area (Å²) >= 11 is 8.19. The van der Waals surface area contributed by atoms with Gasteiger partial charge in [-0.15, -0.1) is 11.8 Å². The summed E-state index contributed by atoms with van der Waals surface area (Å²) in [4.78, 5) is 11.5. The largest absolute Gasteiger partial charge is 0.355 e. The summed E-state index contributed by atoms with van der Waals surface area (Å²) in [6, 6.07) is 0. The third-order valence-electron chi connectivity index (χ3n) is 2.10. The van der Waals surface area contributed by atoms with Gasteiger partial charge in [0.2, 0.25) is 5.91 Å². The molecule has 100 valence electrons. The molecular weight excluding hydrogens is 270 g/mol. The van der Waals surface area contributed by atoms with E-state index in [2.05, 4.69) is 33.0 Å². The molecule has 0 fully saturated rings. The summed E-state index contributed by atoms with van der Waals surface area (Å²) < 4.78 is 0.859. The average Bonchev–Trinajstić information content (AvgIpc) is 2.23. The molecule has 5 heteroatoms. The number of nitrogens with one attached hydrogen (secondary N) is 1. The fourth-order valence-corrected chi connectivity index (χ4v) is 3.49. The first-order valence-electron chi connectivity index (χ1n) is 6.01. The normalized spacial score (nSPS) is 12.5. The highest BCUT2D eigenvalue weighted by Crippen LogP contribution is 2.16. The van der Waals surface area contributed by atoms with Crippen LogP contribution in [0.25, 0.3) is 0 Å². The Morgan fingerprint density at radius 3 is 2.47 bits per heavy atom. The summed E-state index contributed by atoms with van der Waals surface area (Å²) in [5.41, 5.74) is 0. The minimum atomic E-state index is 0.0876. The highest BCUT2D eigenvalue weighted by Gasteiger charge is 2.08. The van der Waals surface area contributed by atoms with Crippen molar-refractivity contribution < 1.29 is 4.79 Å². The third kappa shape index (κ3) is 11.1. The van der Waals surface area contributed by atoms with Gasteiger partial charge in [-0.3, -0.25) is 4.79 Å². The Morgan fingerprint density at radius 2 is 1.94 bits per heavy atom. The van der Waals surface area contributed by atoms with Crippen LogP contribution in [0.2, 0.25) is 0 Å². The van der Waals surface area contributed by atoms with Gasteiger partial charge in [-0.05, 0) is 24.0 Å². The van der Waals surface area contributed by atoms with Crippen molar-refractivity contribution in [1.82, 2.24) is 5.32 Å². The molecule has 0 aliphatic carbocycles. The monoisotopic (exact) mass is 293 g/mol. The molecule has 0 aromatic heterocycles. The fourth-order valence-electron chi connectivity index (χ4n) is 1.51. The first-order chi connectivity index (χ1) is 7.95. The lowest BCUT2D eigenvalue weighted by Crippen LogP contribution is -2.30. The second kappa shape index (κ2) is 10.2. The van der Waals surface area contributed by atoms with Gasteiger partial charge in [0.25, 0.3) is 0 Å². The van der Waals surface area contributed by atoms with Crippen molar-refractivity contribution in [1.29, 1.82) is 0 Å².